The van der Waals surface area contributed by atoms with Gasteiger partial charge in [0.05, 0.1) is 0 Å². The standard InChI is InChI=1S/C7H6FI/c8-7-3-1-6(5-9)2-4-7/h1-4H,5H2/i5-1. The number of halogens is 2. The third-order valence-electron chi connectivity index (χ3n) is 1.07. The van der Waals surface area contributed by atoms with Gasteiger partial charge in [-0.25, -0.2) is 4.39 Å². The minimum atomic E-state index is -0.163. The molecule has 0 atom stereocenters. The Morgan fingerprint density at radius 1 is 1.22 bits per heavy atom. The van der Waals surface area contributed by atoms with Gasteiger partial charge in [-0.1, -0.05) is 34.7 Å². The minimum Gasteiger partial charge on any atom is -0.207 e. The van der Waals surface area contributed by atoms with Crippen molar-refractivity contribution in [1.29, 1.82) is 0 Å². The van der Waals surface area contributed by atoms with Gasteiger partial charge in [-0.05, 0) is 17.7 Å². The summed E-state index contributed by atoms with van der Waals surface area (Å²) in [6.45, 7) is 0. The van der Waals surface area contributed by atoms with E-state index in [9.17, 15) is 4.39 Å². The molecular formula is C7H6FI. The van der Waals surface area contributed by atoms with Gasteiger partial charge in [0.2, 0.25) is 0 Å². The second-order valence-corrected chi connectivity index (χ2v) is 2.52. The van der Waals surface area contributed by atoms with Crippen LogP contribution in [0.2, 0.25) is 0 Å². The highest BCUT2D eigenvalue weighted by atomic mass is 127. The summed E-state index contributed by atoms with van der Waals surface area (Å²) in [5, 5.41) is 0. The van der Waals surface area contributed by atoms with Crippen LogP contribution in [0.25, 0.3) is 0 Å². The van der Waals surface area contributed by atoms with E-state index in [0.29, 0.717) is 0 Å². The molecule has 0 spiro atoms. The summed E-state index contributed by atoms with van der Waals surface area (Å²) < 4.78 is 13.2. The third-order valence-corrected chi connectivity index (χ3v) is 1.95. The Morgan fingerprint density at radius 3 is 2.22 bits per heavy atom. The number of hydrogen-bond donors (Lipinski definition) is 0. The van der Waals surface area contributed by atoms with Crippen LogP contribution in [0.3, 0.4) is 0 Å². The first-order valence-corrected chi connectivity index (χ1v) is 4.16. The molecule has 0 aliphatic rings. The average molecular weight is 235 g/mol. The van der Waals surface area contributed by atoms with E-state index >= 15 is 0 Å². The molecular weight excluding hydrogens is 229 g/mol. The largest absolute Gasteiger partial charge is 0.207 e. The zero-order valence-electron chi connectivity index (χ0n) is 4.77. The van der Waals surface area contributed by atoms with Crippen LogP contribution in [0, 0.1) is 5.82 Å². The molecule has 0 unspecified atom stereocenters. The lowest BCUT2D eigenvalue weighted by Gasteiger charge is -1.91. The Hall–Kier alpha value is -0.120. The van der Waals surface area contributed by atoms with Crippen LogP contribution in [-0.2, 0) is 4.43 Å². The number of benzene rings is 1. The van der Waals surface area contributed by atoms with Gasteiger partial charge in [0.15, 0.2) is 0 Å². The molecule has 1 aromatic carbocycles. The Morgan fingerprint density at radius 2 is 1.78 bits per heavy atom. The molecule has 0 heterocycles. The molecule has 0 aromatic heterocycles. The molecule has 0 aliphatic carbocycles. The zero-order valence-corrected chi connectivity index (χ0v) is 6.93. The lowest BCUT2D eigenvalue weighted by molar-refractivity contribution is 0.627. The van der Waals surface area contributed by atoms with Crippen LogP contribution in [0.4, 0.5) is 4.39 Å². The number of rotatable bonds is 1. The number of hydrogen-bond acceptors (Lipinski definition) is 0. The summed E-state index contributed by atoms with van der Waals surface area (Å²) in [5.41, 5.74) is 1.16. The van der Waals surface area contributed by atoms with E-state index in [1.54, 1.807) is 12.1 Å². The molecule has 1 aromatic rings. The summed E-state index contributed by atoms with van der Waals surface area (Å²) in [6, 6.07) is 6.55. The normalized spacial score (nSPS) is 9.56. The highest BCUT2D eigenvalue weighted by Gasteiger charge is 1.88. The van der Waals surface area contributed by atoms with Crippen LogP contribution in [0.1, 0.15) is 5.56 Å². The second kappa shape index (κ2) is 3.15. The molecule has 1 rings (SSSR count). The Balaban J connectivity index is 2.88. The summed E-state index contributed by atoms with van der Waals surface area (Å²) in [6.07, 6.45) is 0. The predicted molar refractivity (Wildman–Crippen MR) is 44.1 cm³/mol. The van der Waals surface area contributed by atoms with Gasteiger partial charge >= 0.3 is 0 Å². The van der Waals surface area contributed by atoms with Crippen molar-refractivity contribution in [1.82, 2.24) is 0 Å². The van der Waals surface area contributed by atoms with Crippen molar-refractivity contribution in [3.8, 4) is 0 Å². The first-order valence-electron chi connectivity index (χ1n) is 2.63. The van der Waals surface area contributed by atoms with Crippen molar-refractivity contribution in [2.75, 3.05) is 0 Å². The van der Waals surface area contributed by atoms with Gasteiger partial charge in [-0.2, -0.15) is 0 Å². The molecule has 0 saturated heterocycles. The summed E-state index contributed by atoms with van der Waals surface area (Å²) >= 11 is 2.24. The van der Waals surface area contributed by atoms with Crippen molar-refractivity contribution in [3.05, 3.63) is 35.6 Å². The summed E-state index contributed by atoms with van der Waals surface area (Å²) in [7, 11) is 0. The molecule has 2 heteroatoms. The Bertz CT molecular complexity index is 181. The van der Waals surface area contributed by atoms with Gasteiger partial charge in [-0.15, -0.1) is 0 Å². The summed E-state index contributed by atoms with van der Waals surface area (Å²) in [5.74, 6) is -0.163. The predicted octanol–water partition coefficient (Wildman–Crippen LogP) is 2.76. The molecule has 0 bridgehead atoms. The maximum Gasteiger partial charge on any atom is 0.123 e. The molecule has 48 valence electrons. The van der Waals surface area contributed by atoms with Gasteiger partial charge in [0.1, 0.15) is 5.82 Å². The van der Waals surface area contributed by atoms with E-state index in [0.717, 1.165) is 9.99 Å². The van der Waals surface area contributed by atoms with Crippen LogP contribution in [-0.4, -0.2) is 0 Å². The van der Waals surface area contributed by atoms with Gasteiger partial charge in [-0.3, -0.25) is 0 Å². The Kier molecular flexibility index (Phi) is 2.45. The van der Waals surface area contributed by atoms with Gasteiger partial charge in [0, 0.05) is 4.43 Å². The monoisotopic (exact) mass is 235 g/mol. The van der Waals surface area contributed by atoms with Crippen LogP contribution >= 0.6 is 22.6 Å². The quantitative estimate of drug-likeness (QED) is 0.518. The molecule has 9 heavy (non-hydrogen) atoms. The lowest BCUT2D eigenvalue weighted by Crippen LogP contribution is -1.76. The zero-order chi connectivity index (χ0) is 6.69. The van der Waals surface area contributed by atoms with Crippen LogP contribution in [0.15, 0.2) is 24.3 Å². The van der Waals surface area contributed by atoms with E-state index in [1.165, 1.54) is 12.1 Å². The lowest BCUT2D eigenvalue weighted by atomic mass is 10.0. The van der Waals surface area contributed by atoms with Crippen molar-refractivity contribution < 1.29 is 4.39 Å². The van der Waals surface area contributed by atoms with E-state index < -0.39 is 0 Å². The molecule has 0 saturated carbocycles. The fourth-order valence-corrected chi connectivity index (χ4v) is 1.08. The first-order chi connectivity index (χ1) is 4.33. The Labute approximate surface area is 67.2 Å². The second-order valence-electron chi connectivity index (χ2n) is 1.76. The molecule has 0 radical (unpaired) electrons. The van der Waals surface area contributed by atoms with E-state index in [-0.39, 0.29) is 5.82 Å². The van der Waals surface area contributed by atoms with Crippen molar-refractivity contribution in [2.45, 2.75) is 4.43 Å². The van der Waals surface area contributed by atoms with Gasteiger partial charge in [0.25, 0.3) is 0 Å². The van der Waals surface area contributed by atoms with E-state index in [1.807, 2.05) is 0 Å². The molecule has 0 fully saturated rings. The van der Waals surface area contributed by atoms with E-state index in [2.05, 4.69) is 22.6 Å². The van der Waals surface area contributed by atoms with Crippen molar-refractivity contribution in [3.63, 3.8) is 0 Å². The third kappa shape index (κ3) is 1.93. The van der Waals surface area contributed by atoms with Crippen molar-refractivity contribution in [2.24, 2.45) is 0 Å². The smallest absolute Gasteiger partial charge is 0.123 e. The van der Waals surface area contributed by atoms with Crippen LogP contribution < -0.4 is 0 Å². The van der Waals surface area contributed by atoms with E-state index in [4.69, 9.17) is 0 Å². The van der Waals surface area contributed by atoms with Crippen molar-refractivity contribution >= 4 is 22.6 Å². The maximum atomic E-state index is 12.2. The highest BCUT2D eigenvalue weighted by molar-refractivity contribution is 14.1. The first kappa shape index (κ1) is 6.99. The minimum absolute atomic E-state index is 0.163. The van der Waals surface area contributed by atoms with Gasteiger partial charge < -0.3 is 0 Å². The summed E-state index contributed by atoms with van der Waals surface area (Å²) in [4.78, 5) is 0. The molecule has 0 nitrogen and oxygen atoms in total. The number of alkyl halides is 1. The molecule has 0 N–H and O–H groups in total. The maximum absolute atomic E-state index is 12.2. The fourth-order valence-electron chi connectivity index (χ4n) is 0.573. The molecule has 0 amide bonds. The molecule has 0 aliphatic heterocycles. The topological polar surface area (TPSA) is 0 Å². The fraction of sp³-hybridized carbons (Fsp3) is 0.143. The van der Waals surface area contributed by atoms with Crippen LogP contribution in [0.5, 0.6) is 0 Å². The average Bonchev–Trinajstić information content (AvgIpc) is 1.90. The highest BCUT2D eigenvalue weighted by Crippen LogP contribution is 2.06. The SMILES string of the molecule is Fc1ccc([11CH2]I)cc1.